The van der Waals surface area contributed by atoms with Gasteiger partial charge in [0.05, 0.1) is 18.6 Å². The molecule has 3 aromatic rings. The predicted octanol–water partition coefficient (Wildman–Crippen LogP) is 3.28. The first-order valence-electron chi connectivity index (χ1n) is 8.51. The van der Waals surface area contributed by atoms with E-state index in [2.05, 4.69) is 15.2 Å². The lowest BCUT2D eigenvalue weighted by molar-refractivity contribution is 0.0930. The number of rotatable bonds is 5. The van der Waals surface area contributed by atoms with Crippen LogP contribution < -0.4 is 5.32 Å². The van der Waals surface area contributed by atoms with E-state index in [-0.39, 0.29) is 11.9 Å². The molecule has 0 aliphatic carbocycles. The topological polar surface area (TPSA) is 61.3 Å². The van der Waals surface area contributed by atoms with Crippen molar-refractivity contribution in [2.24, 2.45) is 0 Å². The van der Waals surface area contributed by atoms with Gasteiger partial charge in [0.2, 0.25) is 0 Å². The Morgan fingerprint density at radius 3 is 2.88 bits per heavy atom. The van der Waals surface area contributed by atoms with Gasteiger partial charge in [0.15, 0.2) is 0 Å². The molecular formula is C19H21N3O2S. The van der Waals surface area contributed by atoms with Crippen LogP contribution in [-0.4, -0.2) is 46.9 Å². The van der Waals surface area contributed by atoms with Gasteiger partial charge >= 0.3 is 0 Å². The molecule has 0 saturated carbocycles. The Labute approximate surface area is 150 Å². The monoisotopic (exact) mass is 355 g/mol. The number of H-pyrrole nitrogens is 1. The van der Waals surface area contributed by atoms with Crippen LogP contribution in [0.2, 0.25) is 0 Å². The fraction of sp³-hybridized carbons (Fsp3) is 0.316. The first-order valence-corrected chi connectivity index (χ1v) is 9.66. The maximum Gasteiger partial charge on any atom is 0.267 e. The van der Waals surface area contributed by atoms with E-state index in [9.17, 15) is 4.79 Å². The average molecular weight is 355 g/mol. The van der Waals surface area contributed by atoms with E-state index >= 15 is 0 Å². The van der Waals surface area contributed by atoms with E-state index in [0.717, 1.165) is 41.1 Å². The van der Waals surface area contributed by atoms with Crippen LogP contribution in [0.5, 0.6) is 0 Å². The first kappa shape index (κ1) is 16.3. The molecule has 3 heterocycles. The highest BCUT2D eigenvalue weighted by molar-refractivity contribution is 7.99. The minimum Gasteiger partial charge on any atom is -0.472 e. The molecule has 1 aliphatic rings. The minimum atomic E-state index is -0.0731. The molecule has 5 nitrogen and oxygen atoms in total. The van der Waals surface area contributed by atoms with Gasteiger partial charge in [0.1, 0.15) is 5.69 Å². The van der Waals surface area contributed by atoms with Crippen molar-refractivity contribution in [3.05, 3.63) is 60.2 Å². The van der Waals surface area contributed by atoms with Crippen molar-refractivity contribution in [1.82, 2.24) is 15.2 Å². The van der Waals surface area contributed by atoms with Crippen LogP contribution >= 0.6 is 11.8 Å². The Balaban J connectivity index is 1.47. The molecule has 0 radical (unpaired) electrons. The van der Waals surface area contributed by atoms with Gasteiger partial charge in [-0.05, 0) is 18.2 Å². The molecule has 25 heavy (non-hydrogen) atoms. The molecule has 0 spiro atoms. The quantitative estimate of drug-likeness (QED) is 0.737. The molecule has 1 aromatic carbocycles. The summed E-state index contributed by atoms with van der Waals surface area (Å²) in [6.07, 6.45) is 3.47. The lowest BCUT2D eigenvalue weighted by Crippen LogP contribution is -2.42. The largest absolute Gasteiger partial charge is 0.472 e. The number of aromatic nitrogens is 1. The number of carbonyl (C=O) groups is 1. The summed E-state index contributed by atoms with van der Waals surface area (Å²) in [6, 6.07) is 11.9. The third-order valence-corrected chi connectivity index (χ3v) is 5.59. The predicted molar refractivity (Wildman–Crippen MR) is 101 cm³/mol. The van der Waals surface area contributed by atoms with Crippen LogP contribution in [0.1, 0.15) is 22.1 Å². The number of amides is 1. The van der Waals surface area contributed by atoms with Gasteiger partial charge in [0.25, 0.3) is 5.91 Å². The van der Waals surface area contributed by atoms with Crippen molar-refractivity contribution >= 4 is 28.6 Å². The average Bonchev–Trinajstić information content (AvgIpc) is 3.32. The van der Waals surface area contributed by atoms with E-state index in [1.54, 1.807) is 12.5 Å². The van der Waals surface area contributed by atoms with Crippen LogP contribution in [-0.2, 0) is 0 Å². The summed E-state index contributed by atoms with van der Waals surface area (Å²) >= 11 is 1.98. The second-order valence-electron chi connectivity index (χ2n) is 6.20. The van der Waals surface area contributed by atoms with Crippen molar-refractivity contribution in [3.63, 3.8) is 0 Å². The highest BCUT2D eigenvalue weighted by Gasteiger charge is 2.24. The van der Waals surface area contributed by atoms with Crippen molar-refractivity contribution < 1.29 is 9.21 Å². The third-order valence-electron chi connectivity index (χ3n) is 4.64. The van der Waals surface area contributed by atoms with Crippen LogP contribution in [0.15, 0.2) is 53.3 Å². The van der Waals surface area contributed by atoms with Gasteiger partial charge in [0, 0.05) is 47.6 Å². The van der Waals surface area contributed by atoms with E-state index in [4.69, 9.17) is 4.42 Å². The zero-order valence-electron chi connectivity index (χ0n) is 13.9. The fourth-order valence-electron chi connectivity index (χ4n) is 3.29. The number of para-hydroxylation sites is 1. The van der Waals surface area contributed by atoms with Gasteiger partial charge in [-0.25, -0.2) is 0 Å². The molecule has 1 amide bonds. The molecule has 130 valence electrons. The molecule has 6 heteroatoms. The Morgan fingerprint density at radius 2 is 2.12 bits per heavy atom. The number of furan rings is 1. The lowest BCUT2D eigenvalue weighted by Gasteiger charge is -2.33. The molecule has 2 N–H and O–H groups in total. The number of nitrogens with zero attached hydrogens (tertiary/aromatic N) is 1. The van der Waals surface area contributed by atoms with Crippen LogP contribution in [0.3, 0.4) is 0 Å². The van der Waals surface area contributed by atoms with Crippen molar-refractivity contribution in [3.8, 4) is 0 Å². The highest BCUT2D eigenvalue weighted by atomic mass is 32.2. The number of carbonyl (C=O) groups excluding carboxylic acids is 1. The Bertz CT molecular complexity index is 804. The summed E-state index contributed by atoms with van der Waals surface area (Å²) in [5.41, 5.74) is 2.69. The number of nitrogens with one attached hydrogen (secondary N) is 2. The Hall–Kier alpha value is -2.18. The van der Waals surface area contributed by atoms with Gasteiger partial charge in [-0.2, -0.15) is 11.8 Å². The molecule has 0 unspecified atom stereocenters. The molecule has 1 fully saturated rings. The molecule has 0 bridgehead atoms. The van der Waals surface area contributed by atoms with Gasteiger partial charge in [-0.3, -0.25) is 9.69 Å². The van der Waals surface area contributed by atoms with E-state index in [1.165, 1.54) is 0 Å². The smallest absolute Gasteiger partial charge is 0.267 e. The molecule has 1 atom stereocenters. The zero-order chi connectivity index (χ0) is 17.1. The Morgan fingerprint density at radius 1 is 1.28 bits per heavy atom. The Kier molecular flexibility index (Phi) is 4.81. The van der Waals surface area contributed by atoms with Gasteiger partial charge < -0.3 is 14.7 Å². The number of hydrogen-bond donors (Lipinski definition) is 2. The second kappa shape index (κ2) is 7.37. The number of thioether (sulfide) groups is 1. The molecular weight excluding hydrogens is 334 g/mol. The normalized spacial score (nSPS) is 16.8. The maximum atomic E-state index is 12.6. The van der Waals surface area contributed by atoms with Crippen molar-refractivity contribution in [2.45, 2.75) is 6.04 Å². The minimum absolute atomic E-state index is 0.0731. The summed E-state index contributed by atoms with van der Waals surface area (Å²) in [4.78, 5) is 18.2. The lowest BCUT2D eigenvalue weighted by atomic mass is 10.1. The van der Waals surface area contributed by atoms with Crippen LogP contribution in [0, 0.1) is 0 Å². The highest BCUT2D eigenvalue weighted by Crippen LogP contribution is 2.24. The van der Waals surface area contributed by atoms with E-state index < -0.39 is 0 Å². The number of benzene rings is 1. The standard InChI is InChI=1S/C19H21N3O2S/c23-19(17-11-14-3-1-2-4-16(14)21-17)20-12-18(15-5-8-24-13-15)22-6-9-25-10-7-22/h1-5,8,11,13,18,21H,6-7,9-10,12H2,(H,20,23)/t18-/m1/s1. The van der Waals surface area contributed by atoms with E-state index in [0.29, 0.717) is 12.2 Å². The second-order valence-corrected chi connectivity index (χ2v) is 7.43. The summed E-state index contributed by atoms with van der Waals surface area (Å²) in [5, 5.41) is 4.13. The van der Waals surface area contributed by atoms with Crippen LogP contribution in [0.4, 0.5) is 0 Å². The fourth-order valence-corrected chi connectivity index (χ4v) is 4.22. The summed E-state index contributed by atoms with van der Waals surface area (Å²) in [6.45, 7) is 2.63. The van der Waals surface area contributed by atoms with Gasteiger partial charge in [-0.1, -0.05) is 18.2 Å². The van der Waals surface area contributed by atoms with Crippen molar-refractivity contribution in [1.29, 1.82) is 0 Å². The first-order chi connectivity index (χ1) is 12.3. The van der Waals surface area contributed by atoms with E-state index in [1.807, 2.05) is 48.2 Å². The molecule has 1 saturated heterocycles. The number of hydrogen-bond acceptors (Lipinski definition) is 4. The zero-order valence-corrected chi connectivity index (χ0v) is 14.7. The maximum absolute atomic E-state index is 12.6. The SMILES string of the molecule is O=C(NC[C@H](c1ccoc1)N1CCSCC1)c1cc2ccccc2[nH]1. The van der Waals surface area contributed by atoms with Crippen molar-refractivity contribution in [2.75, 3.05) is 31.1 Å². The molecule has 4 rings (SSSR count). The van der Waals surface area contributed by atoms with Gasteiger partial charge in [-0.15, -0.1) is 0 Å². The molecule has 1 aliphatic heterocycles. The number of fused-ring (bicyclic) bond motifs is 1. The summed E-state index contributed by atoms with van der Waals surface area (Å²) in [5.74, 6) is 2.19. The van der Waals surface area contributed by atoms with Crippen LogP contribution in [0.25, 0.3) is 10.9 Å². The summed E-state index contributed by atoms with van der Waals surface area (Å²) < 4.78 is 5.27. The molecule has 2 aromatic heterocycles. The summed E-state index contributed by atoms with van der Waals surface area (Å²) in [7, 11) is 0. The third kappa shape index (κ3) is 3.60. The number of aromatic amines is 1.